The van der Waals surface area contributed by atoms with Gasteiger partial charge in [0, 0.05) is 6.54 Å². The SMILES string of the molecule is C[C@]1(O)CCNC[C@H]1F. The van der Waals surface area contributed by atoms with Gasteiger partial charge < -0.3 is 10.4 Å². The number of piperidine rings is 1. The molecule has 2 nitrogen and oxygen atoms in total. The van der Waals surface area contributed by atoms with Gasteiger partial charge in [0.05, 0.1) is 5.60 Å². The van der Waals surface area contributed by atoms with Gasteiger partial charge in [0.25, 0.3) is 0 Å². The average Bonchev–Trinajstić information content (AvgIpc) is 1.77. The Kier molecular flexibility index (Phi) is 1.73. The van der Waals surface area contributed by atoms with Crippen LogP contribution in [0.25, 0.3) is 0 Å². The first-order chi connectivity index (χ1) is 4.13. The third-order valence-corrected chi connectivity index (χ3v) is 1.81. The molecule has 1 aliphatic heterocycles. The molecule has 54 valence electrons. The highest BCUT2D eigenvalue weighted by Gasteiger charge is 2.34. The van der Waals surface area contributed by atoms with Gasteiger partial charge in [-0.1, -0.05) is 0 Å². The number of aliphatic hydroxyl groups is 1. The lowest BCUT2D eigenvalue weighted by atomic mass is 9.93. The van der Waals surface area contributed by atoms with Gasteiger partial charge in [-0.05, 0) is 19.9 Å². The summed E-state index contributed by atoms with van der Waals surface area (Å²) < 4.78 is 12.6. The van der Waals surface area contributed by atoms with Crippen LogP contribution in [0.4, 0.5) is 4.39 Å². The molecule has 1 rings (SSSR count). The van der Waals surface area contributed by atoms with Crippen molar-refractivity contribution in [1.82, 2.24) is 5.32 Å². The molecular formula is C6H12FNO. The molecule has 1 saturated heterocycles. The van der Waals surface area contributed by atoms with E-state index in [1.807, 2.05) is 0 Å². The molecule has 0 saturated carbocycles. The molecule has 0 aromatic heterocycles. The Morgan fingerprint density at radius 2 is 2.44 bits per heavy atom. The van der Waals surface area contributed by atoms with Gasteiger partial charge in [-0.3, -0.25) is 0 Å². The molecule has 1 fully saturated rings. The van der Waals surface area contributed by atoms with E-state index in [2.05, 4.69) is 5.32 Å². The van der Waals surface area contributed by atoms with Crippen LogP contribution in [0.5, 0.6) is 0 Å². The lowest BCUT2D eigenvalue weighted by molar-refractivity contribution is -0.0394. The predicted octanol–water partition coefficient (Wildman–Crippen LogP) is 0.0688. The fraction of sp³-hybridized carbons (Fsp3) is 1.00. The highest BCUT2D eigenvalue weighted by atomic mass is 19.1. The third-order valence-electron chi connectivity index (χ3n) is 1.81. The van der Waals surface area contributed by atoms with Crippen molar-refractivity contribution >= 4 is 0 Å². The summed E-state index contributed by atoms with van der Waals surface area (Å²) in [5.74, 6) is 0. The van der Waals surface area contributed by atoms with Crippen molar-refractivity contribution in [1.29, 1.82) is 0 Å². The van der Waals surface area contributed by atoms with Crippen molar-refractivity contribution in [2.45, 2.75) is 25.1 Å². The van der Waals surface area contributed by atoms with Crippen LogP contribution in [0.15, 0.2) is 0 Å². The number of halogens is 1. The van der Waals surface area contributed by atoms with Gasteiger partial charge in [0.2, 0.25) is 0 Å². The van der Waals surface area contributed by atoms with Gasteiger partial charge in [0.1, 0.15) is 6.17 Å². The summed E-state index contributed by atoms with van der Waals surface area (Å²) in [4.78, 5) is 0. The molecule has 0 unspecified atom stereocenters. The quantitative estimate of drug-likeness (QED) is 0.490. The summed E-state index contributed by atoms with van der Waals surface area (Å²) >= 11 is 0. The molecule has 0 aromatic rings. The Balaban J connectivity index is 2.49. The summed E-state index contributed by atoms with van der Waals surface area (Å²) in [5.41, 5.74) is -1.09. The summed E-state index contributed by atoms with van der Waals surface area (Å²) in [7, 11) is 0. The molecule has 3 heteroatoms. The molecule has 2 N–H and O–H groups in total. The first-order valence-corrected chi connectivity index (χ1v) is 3.20. The standard InChI is InChI=1S/C6H12FNO/c1-6(9)2-3-8-4-5(6)7/h5,8-9H,2-4H2,1H3/t5-,6+/m1/s1. The van der Waals surface area contributed by atoms with Crippen LogP contribution in [0.2, 0.25) is 0 Å². The zero-order chi connectivity index (χ0) is 6.91. The normalized spacial score (nSPS) is 45.0. The van der Waals surface area contributed by atoms with Crippen LogP contribution in [-0.2, 0) is 0 Å². The van der Waals surface area contributed by atoms with Crippen LogP contribution in [-0.4, -0.2) is 30.0 Å². The lowest BCUT2D eigenvalue weighted by Crippen LogP contribution is -2.49. The van der Waals surface area contributed by atoms with Crippen LogP contribution < -0.4 is 5.32 Å². The molecule has 2 atom stereocenters. The van der Waals surface area contributed by atoms with E-state index in [0.29, 0.717) is 13.0 Å². The zero-order valence-corrected chi connectivity index (χ0v) is 5.52. The minimum atomic E-state index is -1.11. The summed E-state index contributed by atoms with van der Waals surface area (Å²) in [6.45, 7) is 2.54. The maximum atomic E-state index is 12.6. The van der Waals surface area contributed by atoms with E-state index in [4.69, 9.17) is 0 Å². The third kappa shape index (κ3) is 1.40. The van der Waals surface area contributed by atoms with Gasteiger partial charge in [-0.15, -0.1) is 0 Å². The number of alkyl halides is 1. The highest BCUT2D eigenvalue weighted by Crippen LogP contribution is 2.19. The Bertz CT molecular complexity index is 105. The Morgan fingerprint density at radius 3 is 2.78 bits per heavy atom. The monoisotopic (exact) mass is 133 g/mol. The highest BCUT2D eigenvalue weighted by molar-refractivity contribution is 4.88. The average molecular weight is 133 g/mol. The summed E-state index contributed by atoms with van der Waals surface area (Å²) in [5, 5.41) is 12.1. The predicted molar refractivity (Wildman–Crippen MR) is 33.0 cm³/mol. The summed E-state index contributed by atoms with van der Waals surface area (Å²) in [6.07, 6.45) is -0.597. The van der Waals surface area contributed by atoms with E-state index in [-0.39, 0.29) is 6.54 Å². The largest absolute Gasteiger partial charge is 0.387 e. The first kappa shape index (κ1) is 6.96. The topological polar surface area (TPSA) is 32.3 Å². The minimum absolute atomic E-state index is 0.285. The molecule has 0 amide bonds. The molecule has 0 aliphatic carbocycles. The smallest absolute Gasteiger partial charge is 0.141 e. The number of hydrogen-bond donors (Lipinski definition) is 2. The molecule has 0 aromatic carbocycles. The second-order valence-electron chi connectivity index (χ2n) is 2.78. The van der Waals surface area contributed by atoms with Gasteiger partial charge in [-0.25, -0.2) is 4.39 Å². The van der Waals surface area contributed by atoms with Crippen molar-refractivity contribution in [2.75, 3.05) is 13.1 Å². The van der Waals surface area contributed by atoms with E-state index in [0.717, 1.165) is 0 Å². The minimum Gasteiger partial charge on any atom is -0.387 e. The van der Waals surface area contributed by atoms with Gasteiger partial charge in [-0.2, -0.15) is 0 Å². The van der Waals surface area contributed by atoms with Crippen LogP contribution >= 0.6 is 0 Å². The number of nitrogens with one attached hydrogen (secondary N) is 1. The van der Waals surface area contributed by atoms with Crippen molar-refractivity contribution in [2.24, 2.45) is 0 Å². The van der Waals surface area contributed by atoms with E-state index >= 15 is 0 Å². The van der Waals surface area contributed by atoms with Crippen molar-refractivity contribution < 1.29 is 9.50 Å². The maximum Gasteiger partial charge on any atom is 0.141 e. The van der Waals surface area contributed by atoms with Crippen LogP contribution in [0.1, 0.15) is 13.3 Å². The van der Waals surface area contributed by atoms with Crippen LogP contribution in [0.3, 0.4) is 0 Å². The molecule has 0 bridgehead atoms. The molecule has 1 aliphatic rings. The molecule has 1 heterocycles. The van der Waals surface area contributed by atoms with Crippen molar-refractivity contribution in [3.63, 3.8) is 0 Å². The first-order valence-electron chi connectivity index (χ1n) is 3.20. The van der Waals surface area contributed by atoms with Crippen LogP contribution in [0, 0.1) is 0 Å². The second-order valence-corrected chi connectivity index (χ2v) is 2.78. The molecule has 9 heavy (non-hydrogen) atoms. The lowest BCUT2D eigenvalue weighted by Gasteiger charge is -2.31. The molecule has 0 radical (unpaired) electrons. The van der Waals surface area contributed by atoms with Crippen molar-refractivity contribution in [3.8, 4) is 0 Å². The van der Waals surface area contributed by atoms with Gasteiger partial charge in [0.15, 0.2) is 0 Å². The van der Waals surface area contributed by atoms with Crippen molar-refractivity contribution in [3.05, 3.63) is 0 Å². The van der Waals surface area contributed by atoms with Gasteiger partial charge >= 0.3 is 0 Å². The maximum absolute atomic E-state index is 12.6. The van der Waals surface area contributed by atoms with E-state index in [1.54, 1.807) is 6.92 Å². The zero-order valence-electron chi connectivity index (χ0n) is 5.52. The number of hydrogen-bond acceptors (Lipinski definition) is 2. The Labute approximate surface area is 54.1 Å². The van der Waals surface area contributed by atoms with E-state index in [1.165, 1.54) is 0 Å². The second kappa shape index (κ2) is 2.23. The van der Waals surface area contributed by atoms with E-state index < -0.39 is 11.8 Å². The fourth-order valence-electron chi connectivity index (χ4n) is 0.947. The van der Waals surface area contributed by atoms with E-state index in [9.17, 15) is 9.50 Å². The summed E-state index contributed by atoms with van der Waals surface area (Å²) in [6, 6.07) is 0. The molecular weight excluding hydrogens is 121 g/mol. The number of rotatable bonds is 0. The fourth-order valence-corrected chi connectivity index (χ4v) is 0.947. The Hall–Kier alpha value is -0.150. The molecule has 0 spiro atoms. The Morgan fingerprint density at radius 1 is 1.78 bits per heavy atom.